The zero-order valence-corrected chi connectivity index (χ0v) is 17.4. The molecule has 30 heavy (non-hydrogen) atoms. The maximum atomic E-state index is 12.0. The van der Waals surface area contributed by atoms with Crippen LogP contribution in [0.3, 0.4) is 0 Å². The van der Waals surface area contributed by atoms with Crippen molar-refractivity contribution in [1.29, 1.82) is 0 Å². The van der Waals surface area contributed by atoms with Crippen LogP contribution in [-0.2, 0) is 4.79 Å². The third-order valence-electron chi connectivity index (χ3n) is 3.96. The second-order valence-electron chi connectivity index (χ2n) is 6.10. The number of carbonyl (C=O) groups excluding carboxylic acids is 2. The van der Waals surface area contributed by atoms with Crippen molar-refractivity contribution in [3.63, 3.8) is 0 Å². The van der Waals surface area contributed by atoms with Crippen molar-refractivity contribution < 1.29 is 23.8 Å². The second-order valence-corrected chi connectivity index (χ2v) is 6.10. The van der Waals surface area contributed by atoms with Gasteiger partial charge in [-0.1, -0.05) is 0 Å². The van der Waals surface area contributed by atoms with Crippen LogP contribution in [0.25, 0.3) is 0 Å². The Morgan fingerprint density at radius 3 is 2.37 bits per heavy atom. The van der Waals surface area contributed by atoms with Gasteiger partial charge in [-0.2, -0.15) is 5.10 Å². The fraction of sp³-hybridized carbons (Fsp3) is 0.318. The van der Waals surface area contributed by atoms with E-state index in [-0.39, 0.29) is 24.8 Å². The van der Waals surface area contributed by atoms with E-state index in [1.165, 1.54) is 6.21 Å². The lowest BCUT2D eigenvalue weighted by Crippen LogP contribution is -2.29. The highest BCUT2D eigenvalue weighted by Crippen LogP contribution is 2.27. The molecule has 2 N–H and O–H groups in total. The number of ether oxygens (including phenoxy) is 3. The number of amides is 2. The van der Waals surface area contributed by atoms with Crippen LogP contribution in [0.4, 0.5) is 0 Å². The molecule has 8 heteroatoms. The number of hydrazone groups is 1. The quantitative estimate of drug-likeness (QED) is 0.436. The topological polar surface area (TPSA) is 98.2 Å². The van der Waals surface area contributed by atoms with Gasteiger partial charge in [-0.05, 0) is 61.9 Å². The van der Waals surface area contributed by atoms with E-state index in [0.29, 0.717) is 36.0 Å². The molecule has 0 saturated heterocycles. The maximum Gasteiger partial charge on any atom is 0.251 e. The molecular weight excluding hydrogens is 386 g/mol. The molecule has 0 heterocycles. The molecule has 0 atom stereocenters. The number of hydrogen-bond acceptors (Lipinski definition) is 6. The second kappa shape index (κ2) is 12.1. The minimum absolute atomic E-state index is 0.104. The summed E-state index contributed by atoms with van der Waals surface area (Å²) in [6.45, 7) is 5.05. The van der Waals surface area contributed by atoms with Gasteiger partial charge in [0.1, 0.15) is 5.75 Å². The van der Waals surface area contributed by atoms with Crippen molar-refractivity contribution in [2.75, 3.05) is 26.9 Å². The molecule has 2 aromatic carbocycles. The zero-order valence-electron chi connectivity index (χ0n) is 17.4. The fourth-order valence-corrected chi connectivity index (χ4v) is 2.52. The van der Waals surface area contributed by atoms with Gasteiger partial charge >= 0.3 is 0 Å². The third kappa shape index (κ3) is 7.12. The summed E-state index contributed by atoms with van der Waals surface area (Å²) in [5.74, 6) is 1.39. The van der Waals surface area contributed by atoms with Crippen molar-refractivity contribution in [1.82, 2.24) is 10.7 Å². The lowest BCUT2D eigenvalue weighted by Gasteiger charge is -2.11. The van der Waals surface area contributed by atoms with Crippen molar-refractivity contribution in [2.45, 2.75) is 20.3 Å². The van der Waals surface area contributed by atoms with Crippen LogP contribution >= 0.6 is 0 Å². The molecule has 0 spiro atoms. The molecule has 160 valence electrons. The molecule has 0 saturated carbocycles. The maximum absolute atomic E-state index is 12.0. The Morgan fingerprint density at radius 1 is 1.00 bits per heavy atom. The first-order valence-corrected chi connectivity index (χ1v) is 9.71. The molecule has 2 aromatic rings. The van der Waals surface area contributed by atoms with Gasteiger partial charge in [-0.25, -0.2) is 5.43 Å². The molecule has 0 unspecified atom stereocenters. The van der Waals surface area contributed by atoms with Gasteiger partial charge in [0.05, 0.1) is 26.5 Å². The number of nitrogens with zero attached hydrogens (tertiary/aromatic N) is 1. The summed E-state index contributed by atoms with van der Waals surface area (Å²) in [4.78, 5) is 24.0. The molecule has 0 aromatic heterocycles. The number of nitrogens with one attached hydrogen (secondary N) is 2. The van der Waals surface area contributed by atoms with Crippen LogP contribution in [-0.4, -0.2) is 44.9 Å². The SMILES string of the molecule is CCOc1ccc(C=NNC(=O)CCNC(=O)c2ccc(OC)cc2)cc1OCC. The highest BCUT2D eigenvalue weighted by Gasteiger charge is 2.07. The first-order chi connectivity index (χ1) is 14.6. The third-order valence-corrected chi connectivity index (χ3v) is 3.96. The number of carbonyl (C=O) groups is 2. The molecule has 8 nitrogen and oxygen atoms in total. The van der Waals surface area contributed by atoms with Gasteiger partial charge in [0.15, 0.2) is 11.5 Å². The first kappa shape index (κ1) is 22.7. The van der Waals surface area contributed by atoms with Gasteiger partial charge in [0.25, 0.3) is 5.91 Å². The fourth-order valence-electron chi connectivity index (χ4n) is 2.52. The van der Waals surface area contributed by atoms with E-state index in [1.807, 2.05) is 19.9 Å². The summed E-state index contributed by atoms with van der Waals surface area (Å²) in [5.41, 5.74) is 3.70. The summed E-state index contributed by atoms with van der Waals surface area (Å²) >= 11 is 0. The van der Waals surface area contributed by atoms with E-state index in [0.717, 1.165) is 5.56 Å². The average Bonchev–Trinajstić information content (AvgIpc) is 2.75. The van der Waals surface area contributed by atoms with Crippen molar-refractivity contribution in [3.8, 4) is 17.2 Å². The Hall–Kier alpha value is -3.55. The smallest absolute Gasteiger partial charge is 0.251 e. The number of methoxy groups -OCH3 is 1. The molecule has 0 bridgehead atoms. The van der Waals surface area contributed by atoms with Crippen LogP contribution in [0.2, 0.25) is 0 Å². The summed E-state index contributed by atoms with van der Waals surface area (Å²) in [6, 6.07) is 12.1. The predicted molar refractivity (Wildman–Crippen MR) is 114 cm³/mol. The molecule has 0 aliphatic rings. The lowest BCUT2D eigenvalue weighted by molar-refractivity contribution is -0.120. The molecule has 0 aliphatic heterocycles. The van der Waals surface area contributed by atoms with E-state index in [4.69, 9.17) is 14.2 Å². The predicted octanol–water partition coefficient (Wildman–Crippen LogP) is 2.76. The lowest BCUT2D eigenvalue weighted by atomic mass is 10.2. The minimum Gasteiger partial charge on any atom is -0.497 e. The monoisotopic (exact) mass is 413 g/mol. The Bertz CT molecular complexity index is 866. The van der Waals surface area contributed by atoms with Gasteiger partial charge in [-0.3, -0.25) is 9.59 Å². The van der Waals surface area contributed by atoms with Gasteiger partial charge < -0.3 is 19.5 Å². The normalized spacial score (nSPS) is 10.5. The van der Waals surface area contributed by atoms with Crippen LogP contribution in [0, 0.1) is 0 Å². The van der Waals surface area contributed by atoms with Crippen LogP contribution < -0.4 is 25.0 Å². The van der Waals surface area contributed by atoms with E-state index >= 15 is 0 Å². The van der Waals surface area contributed by atoms with Gasteiger partial charge in [-0.15, -0.1) is 0 Å². The summed E-state index contributed by atoms with van der Waals surface area (Å²) in [5, 5.41) is 6.64. The highest BCUT2D eigenvalue weighted by atomic mass is 16.5. The Morgan fingerprint density at radius 2 is 1.70 bits per heavy atom. The molecule has 2 rings (SSSR count). The summed E-state index contributed by atoms with van der Waals surface area (Å²) in [7, 11) is 1.56. The molecular formula is C22H27N3O5. The first-order valence-electron chi connectivity index (χ1n) is 9.71. The van der Waals surface area contributed by atoms with E-state index in [1.54, 1.807) is 43.5 Å². The molecule has 2 amide bonds. The van der Waals surface area contributed by atoms with Crippen molar-refractivity contribution in [2.24, 2.45) is 5.10 Å². The summed E-state index contributed by atoms with van der Waals surface area (Å²) in [6.07, 6.45) is 1.62. The van der Waals surface area contributed by atoms with E-state index in [2.05, 4.69) is 15.8 Å². The molecule has 0 fully saturated rings. The average molecular weight is 413 g/mol. The van der Waals surface area contributed by atoms with E-state index in [9.17, 15) is 9.59 Å². The minimum atomic E-state index is -0.308. The van der Waals surface area contributed by atoms with Crippen LogP contribution in [0.1, 0.15) is 36.2 Å². The number of hydrogen-bond donors (Lipinski definition) is 2. The van der Waals surface area contributed by atoms with Crippen molar-refractivity contribution >= 4 is 18.0 Å². The number of rotatable bonds is 11. The zero-order chi connectivity index (χ0) is 21.8. The van der Waals surface area contributed by atoms with E-state index < -0.39 is 0 Å². The van der Waals surface area contributed by atoms with Gasteiger partial charge in [0.2, 0.25) is 5.91 Å². The largest absolute Gasteiger partial charge is 0.497 e. The van der Waals surface area contributed by atoms with Crippen LogP contribution in [0.15, 0.2) is 47.6 Å². The Labute approximate surface area is 176 Å². The van der Waals surface area contributed by atoms with Crippen molar-refractivity contribution in [3.05, 3.63) is 53.6 Å². The van der Waals surface area contributed by atoms with Gasteiger partial charge in [0, 0.05) is 18.5 Å². The number of benzene rings is 2. The van der Waals surface area contributed by atoms with Crippen LogP contribution in [0.5, 0.6) is 17.2 Å². The standard InChI is InChI=1S/C22H27N3O5/c1-4-29-19-11-6-16(14-20(19)30-5-2)15-24-25-21(26)12-13-23-22(27)17-7-9-18(28-3)10-8-17/h6-11,14-15H,4-5,12-13H2,1-3H3,(H,23,27)(H,25,26). The highest BCUT2D eigenvalue weighted by molar-refractivity contribution is 5.94. The molecule has 0 aliphatic carbocycles. The molecule has 0 radical (unpaired) electrons. The Balaban J connectivity index is 1.79. The summed E-state index contributed by atoms with van der Waals surface area (Å²) < 4.78 is 16.1. The Kier molecular flexibility index (Phi) is 9.18.